The maximum Gasteiger partial charge on any atom is 0.407 e. The van der Waals surface area contributed by atoms with E-state index >= 15 is 0 Å². The molecule has 0 radical (unpaired) electrons. The molecule has 2 heterocycles. The lowest BCUT2D eigenvalue weighted by molar-refractivity contribution is 0.102. The number of hydrogen-bond donors (Lipinski definition) is 2. The predicted molar refractivity (Wildman–Crippen MR) is 131 cm³/mol. The van der Waals surface area contributed by atoms with E-state index in [9.17, 15) is 9.59 Å². The summed E-state index contributed by atoms with van der Waals surface area (Å²) >= 11 is 0. The van der Waals surface area contributed by atoms with Crippen LogP contribution in [0.15, 0.2) is 67.0 Å². The van der Waals surface area contributed by atoms with Crippen LogP contribution in [-0.2, 0) is 17.9 Å². The van der Waals surface area contributed by atoms with Gasteiger partial charge in [-0.2, -0.15) is 0 Å². The Balaban J connectivity index is 1.33. The van der Waals surface area contributed by atoms with Gasteiger partial charge in [-0.1, -0.05) is 24.1 Å². The predicted octanol–water partition coefficient (Wildman–Crippen LogP) is 4.34. The quantitative estimate of drug-likeness (QED) is 0.519. The van der Waals surface area contributed by atoms with E-state index in [2.05, 4.69) is 26.4 Å². The van der Waals surface area contributed by atoms with Gasteiger partial charge in [0.05, 0.1) is 5.56 Å². The molecule has 172 valence electrons. The molecule has 3 aromatic rings. The molecule has 1 saturated heterocycles. The number of terminal acetylenes is 1. The van der Waals surface area contributed by atoms with Crippen LogP contribution in [0.5, 0.6) is 0 Å². The minimum atomic E-state index is -0.510. The van der Waals surface area contributed by atoms with E-state index in [-0.39, 0.29) is 12.5 Å². The van der Waals surface area contributed by atoms with Crippen LogP contribution in [0, 0.1) is 12.3 Å². The van der Waals surface area contributed by atoms with Crippen molar-refractivity contribution >= 4 is 23.4 Å². The van der Waals surface area contributed by atoms with Gasteiger partial charge < -0.3 is 20.3 Å². The lowest BCUT2D eigenvalue weighted by Gasteiger charge is -2.21. The number of nitrogens with one attached hydrogen (secondary N) is 2. The van der Waals surface area contributed by atoms with Crippen molar-refractivity contribution in [2.45, 2.75) is 26.0 Å². The molecule has 2 N–H and O–H groups in total. The van der Waals surface area contributed by atoms with E-state index in [4.69, 9.17) is 11.2 Å². The summed E-state index contributed by atoms with van der Waals surface area (Å²) in [4.78, 5) is 31.2. The molecule has 1 aliphatic rings. The summed E-state index contributed by atoms with van der Waals surface area (Å²) in [5.41, 5.74) is 4.50. The first kappa shape index (κ1) is 22.9. The number of alkyl carbamates (subject to hydrolysis) is 1. The van der Waals surface area contributed by atoms with Gasteiger partial charge in [0.15, 0.2) is 0 Å². The Morgan fingerprint density at radius 1 is 1.06 bits per heavy atom. The molecule has 0 aliphatic carbocycles. The number of benzene rings is 2. The Kier molecular flexibility index (Phi) is 7.41. The Bertz CT molecular complexity index is 1180. The van der Waals surface area contributed by atoms with Crippen LogP contribution in [0.25, 0.3) is 0 Å². The molecule has 1 fully saturated rings. The van der Waals surface area contributed by atoms with Gasteiger partial charge in [0.25, 0.3) is 5.91 Å². The van der Waals surface area contributed by atoms with Gasteiger partial charge in [0.1, 0.15) is 6.61 Å². The Labute approximate surface area is 199 Å². The molecule has 0 atom stereocenters. The average molecular weight is 455 g/mol. The molecule has 4 rings (SSSR count). The molecule has 7 heteroatoms. The summed E-state index contributed by atoms with van der Waals surface area (Å²) in [5, 5.41) is 5.67. The van der Waals surface area contributed by atoms with Crippen molar-refractivity contribution in [1.82, 2.24) is 10.3 Å². The van der Waals surface area contributed by atoms with Crippen molar-refractivity contribution in [3.8, 4) is 12.3 Å². The lowest BCUT2D eigenvalue weighted by atomic mass is 10.1. The second-order valence-electron chi connectivity index (χ2n) is 8.01. The molecule has 1 aromatic heterocycles. The van der Waals surface area contributed by atoms with Crippen LogP contribution in [-0.4, -0.2) is 30.1 Å². The third kappa shape index (κ3) is 5.93. The highest BCUT2D eigenvalue weighted by atomic mass is 16.5. The maximum atomic E-state index is 13.1. The Hall–Kier alpha value is -4.31. The van der Waals surface area contributed by atoms with E-state index in [1.165, 1.54) is 0 Å². The third-order valence-electron chi connectivity index (χ3n) is 5.60. The number of amides is 2. The van der Waals surface area contributed by atoms with Crippen LogP contribution < -0.4 is 15.5 Å². The molecule has 1 aliphatic heterocycles. The van der Waals surface area contributed by atoms with Crippen molar-refractivity contribution in [3.63, 3.8) is 0 Å². The van der Waals surface area contributed by atoms with Gasteiger partial charge in [-0.15, -0.1) is 6.42 Å². The fraction of sp³-hybridized carbons (Fsp3) is 0.222. The second kappa shape index (κ2) is 11.0. The summed E-state index contributed by atoms with van der Waals surface area (Å²) in [5.74, 6) is 2.40. The number of hydrogen-bond acceptors (Lipinski definition) is 5. The number of carbonyl (C=O) groups is 2. The normalized spacial score (nSPS) is 12.6. The lowest BCUT2D eigenvalue weighted by Crippen LogP contribution is -2.24. The standard InChI is InChI=1S/C27H26N4O3/c1-2-20-9-12-25(31-14-3-4-15-31)24(16-20)26(32)30-23-10-7-21(8-11-23)18-29-27(33)34-19-22-6-5-13-28-17-22/h1,5-13,16-17H,3-4,14-15,18-19H2,(H,29,33)(H,30,32). The van der Waals surface area contributed by atoms with Crippen molar-refractivity contribution < 1.29 is 14.3 Å². The fourth-order valence-corrected chi connectivity index (χ4v) is 3.80. The molecule has 0 saturated carbocycles. The summed E-state index contributed by atoms with van der Waals surface area (Å²) in [6, 6.07) is 16.5. The molecule has 2 aromatic carbocycles. The number of pyridine rings is 1. The van der Waals surface area contributed by atoms with Gasteiger partial charge >= 0.3 is 6.09 Å². The fourth-order valence-electron chi connectivity index (χ4n) is 3.80. The SMILES string of the molecule is C#Cc1ccc(N2CCCC2)c(C(=O)Nc2ccc(CNC(=O)OCc3cccnc3)cc2)c1. The first-order valence-electron chi connectivity index (χ1n) is 11.2. The van der Waals surface area contributed by atoms with Crippen molar-refractivity contribution in [1.29, 1.82) is 0 Å². The third-order valence-corrected chi connectivity index (χ3v) is 5.60. The first-order valence-corrected chi connectivity index (χ1v) is 11.2. The smallest absolute Gasteiger partial charge is 0.407 e. The van der Waals surface area contributed by atoms with E-state index in [0.717, 1.165) is 42.7 Å². The number of aromatic nitrogens is 1. The molecule has 34 heavy (non-hydrogen) atoms. The minimum Gasteiger partial charge on any atom is -0.445 e. The summed E-state index contributed by atoms with van der Waals surface area (Å²) in [6.07, 6.45) is 10.6. The minimum absolute atomic E-state index is 0.158. The largest absolute Gasteiger partial charge is 0.445 e. The van der Waals surface area contributed by atoms with E-state index < -0.39 is 6.09 Å². The van der Waals surface area contributed by atoms with E-state index in [1.54, 1.807) is 36.7 Å². The topological polar surface area (TPSA) is 83.6 Å². The highest BCUT2D eigenvalue weighted by molar-refractivity contribution is 6.08. The van der Waals surface area contributed by atoms with Gasteiger partial charge in [0.2, 0.25) is 0 Å². The molecular weight excluding hydrogens is 428 g/mol. The molecule has 0 spiro atoms. The zero-order valence-electron chi connectivity index (χ0n) is 18.8. The van der Waals surface area contributed by atoms with Crippen molar-refractivity contribution in [3.05, 3.63) is 89.2 Å². The zero-order valence-corrected chi connectivity index (χ0v) is 18.8. The van der Waals surface area contributed by atoms with Crippen LogP contribution in [0.3, 0.4) is 0 Å². The highest BCUT2D eigenvalue weighted by Crippen LogP contribution is 2.26. The van der Waals surface area contributed by atoms with Crippen molar-refractivity contribution in [2.24, 2.45) is 0 Å². The van der Waals surface area contributed by atoms with E-state index in [1.807, 2.05) is 30.3 Å². The summed E-state index contributed by atoms with van der Waals surface area (Å²) in [6.45, 7) is 2.33. The Morgan fingerprint density at radius 3 is 2.56 bits per heavy atom. The molecule has 2 amide bonds. The Morgan fingerprint density at radius 2 is 1.85 bits per heavy atom. The molecule has 0 unspecified atom stereocenters. The molecule has 0 bridgehead atoms. The first-order chi connectivity index (χ1) is 16.6. The number of nitrogens with zero attached hydrogens (tertiary/aromatic N) is 2. The van der Waals surface area contributed by atoms with Gasteiger partial charge in [-0.25, -0.2) is 4.79 Å². The van der Waals surface area contributed by atoms with Gasteiger partial charge in [-0.05, 0) is 54.8 Å². The average Bonchev–Trinajstić information content (AvgIpc) is 3.42. The van der Waals surface area contributed by atoms with Crippen LogP contribution in [0.2, 0.25) is 0 Å². The number of rotatable bonds is 7. The molecular formula is C27H26N4O3. The number of anilines is 2. The number of ether oxygens (including phenoxy) is 1. The van der Waals surface area contributed by atoms with Crippen molar-refractivity contribution in [2.75, 3.05) is 23.3 Å². The van der Waals surface area contributed by atoms with Gasteiger partial charge in [-0.3, -0.25) is 9.78 Å². The van der Waals surface area contributed by atoms with Crippen LogP contribution in [0.1, 0.15) is 39.9 Å². The van der Waals surface area contributed by atoms with Crippen LogP contribution in [0.4, 0.5) is 16.2 Å². The zero-order chi connectivity index (χ0) is 23.8. The maximum absolute atomic E-state index is 13.1. The number of carbonyl (C=O) groups excluding carboxylic acids is 2. The summed E-state index contributed by atoms with van der Waals surface area (Å²) < 4.78 is 5.18. The summed E-state index contributed by atoms with van der Waals surface area (Å²) in [7, 11) is 0. The van der Waals surface area contributed by atoms with E-state index in [0.29, 0.717) is 23.4 Å². The monoisotopic (exact) mass is 454 g/mol. The van der Waals surface area contributed by atoms with Gasteiger partial charge in [0, 0.05) is 54.5 Å². The second-order valence-corrected chi connectivity index (χ2v) is 8.01. The van der Waals surface area contributed by atoms with Crippen LogP contribution >= 0.6 is 0 Å². The highest BCUT2D eigenvalue weighted by Gasteiger charge is 2.20. The molecule has 7 nitrogen and oxygen atoms in total.